The van der Waals surface area contributed by atoms with Gasteiger partial charge in [-0.25, -0.2) is 0 Å². The number of carbonyl (C=O) groups is 1. The first-order valence-electron chi connectivity index (χ1n) is 5.38. The topological polar surface area (TPSA) is 41.6 Å². The first-order chi connectivity index (χ1) is 6.77. The van der Waals surface area contributed by atoms with Gasteiger partial charge in [0, 0.05) is 32.1 Å². The van der Waals surface area contributed by atoms with E-state index in [-0.39, 0.29) is 12.0 Å². The van der Waals surface area contributed by atoms with Gasteiger partial charge in [-0.3, -0.25) is 4.79 Å². The van der Waals surface area contributed by atoms with Gasteiger partial charge in [0.25, 0.3) is 0 Å². The Balaban J connectivity index is 1.82. The fourth-order valence-electron chi connectivity index (χ4n) is 2.06. The molecule has 2 aliphatic rings. The number of ether oxygens (including phenoxy) is 1. The minimum absolute atomic E-state index is 0.193. The molecule has 2 heterocycles. The van der Waals surface area contributed by atoms with E-state index in [0.717, 1.165) is 39.2 Å². The van der Waals surface area contributed by atoms with Gasteiger partial charge >= 0.3 is 0 Å². The summed E-state index contributed by atoms with van der Waals surface area (Å²) in [6, 6.07) is 0. The van der Waals surface area contributed by atoms with E-state index < -0.39 is 0 Å². The standard InChI is InChI=1S/C10H18N2O2/c1-8-2-4-12(10(8)13)7-9-6-11-3-5-14-9/h8-9,11H,2-7H2,1H3. The number of amides is 1. The van der Waals surface area contributed by atoms with Crippen molar-refractivity contribution in [1.82, 2.24) is 10.2 Å². The summed E-state index contributed by atoms with van der Waals surface area (Å²) in [6.45, 7) is 6.24. The van der Waals surface area contributed by atoms with Crippen molar-refractivity contribution in [3.05, 3.63) is 0 Å². The van der Waals surface area contributed by atoms with E-state index in [0.29, 0.717) is 5.91 Å². The molecular formula is C10H18N2O2. The number of hydrogen-bond acceptors (Lipinski definition) is 3. The highest BCUT2D eigenvalue weighted by Gasteiger charge is 2.30. The lowest BCUT2D eigenvalue weighted by Gasteiger charge is -2.27. The quantitative estimate of drug-likeness (QED) is 0.670. The van der Waals surface area contributed by atoms with Crippen LogP contribution < -0.4 is 5.32 Å². The molecule has 2 unspecified atom stereocenters. The maximum Gasteiger partial charge on any atom is 0.225 e. The van der Waals surface area contributed by atoms with Crippen LogP contribution in [0.1, 0.15) is 13.3 Å². The second-order valence-electron chi connectivity index (χ2n) is 4.17. The van der Waals surface area contributed by atoms with Crippen LogP contribution >= 0.6 is 0 Å². The maximum absolute atomic E-state index is 11.6. The lowest BCUT2D eigenvalue weighted by molar-refractivity contribution is -0.132. The number of rotatable bonds is 2. The van der Waals surface area contributed by atoms with E-state index >= 15 is 0 Å². The second-order valence-corrected chi connectivity index (χ2v) is 4.17. The van der Waals surface area contributed by atoms with Crippen LogP contribution in [0.5, 0.6) is 0 Å². The van der Waals surface area contributed by atoms with Gasteiger partial charge in [0.05, 0.1) is 12.7 Å². The number of nitrogens with zero attached hydrogens (tertiary/aromatic N) is 1. The molecule has 1 amide bonds. The number of likely N-dealkylation sites (tertiary alicyclic amines) is 1. The summed E-state index contributed by atoms with van der Waals surface area (Å²) in [7, 11) is 0. The molecule has 1 N–H and O–H groups in total. The van der Waals surface area contributed by atoms with Gasteiger partial charge in [-0.2, -0.15) is 0 Å². The fraction of sp³-hybridized carbons (Fsp3) is 0.900. The molecule has 0 spiro atoms. The predicted octanol–water partition coefficient (Wildman–Crippen LogP) is -0.157. The van der Waals surface area contributed by atoms with Gasteiger partial charge in [0.1, 0.15) is 0 Å². The fourth-order valence-corrected chi connectivity index (χ4v) is 2.06. The molecule has 2 rings (SSSR count). The molecule has 2 fully saturated rings. The van der Waals surface area contributed by atoms with Crippen molar-refractivity contribution in [2.24, 2.45) is 5.92 Å². The third kappa shape index (κ3) is 2.07. The summed E-state index contributed by atoms with van der Waals surface area (Å²) in [6.07, 6.45) is 1.19. The van der Waals surface area contributed by atoms with E-state index in [2.05, 4.69) is 5.32 Å². The lowest BCUT2D eigenvalue weighted by Crippen LogP contribution is -2.45. The highest BCUT2D eigenvalue weighted by Crippen LogP contribution is 2.17. The van der Waals surface area contributed by atoms with Crippen molar-refractivity contribution in [1.29, 1.82) is 0 Å². The Labute approximate surface area is 84.6 Å². The molecule has 80 valence electrons. The summed E-state index contributed by atoms with van der Waals surface area (Å²) < 4.78 is 5.57. The highest BCUT2D eigenvalue weighted by atomic mass is 16.5. The van der Waals surface area contributed by atoms with Crippen LogP contribution in [0.4, 0.5) is 0 Å². The second kappa shape index (κ2) is 4.28. The van der Waals surface area contributed by atoms with Gasteiger partial charge in [-0.1, -0.05) is 6.92 Å². The molecule has 0 aromatic rings. The van der Waals surface area contributed by atoms with E-state index in [1.807, 2.05) is 11.8 Å². The van der Waals surface area contributed by atoms with Crippen LogP contribution in [0.3, 0.4) is 0 Å². The van der Waals surface area contributed by atoms with Gasteiger partial charge in [-0.05, 0) is 6.42 Å². The molecular weight excluding hydrogens is 180 g/mol. The number of hydrogen-bond donors (Lipinski definition) is 1. The molecule has 0 bridgehead atoms. The lowest BCUT2D eigenvalue weighted by atomic mass is 10.1. The number of morpholine rings is 1. The number of nitrogens with one attached hydrogen (secondary N) is 1. The van der Waals surface area contributed by atoms with Crippen LogP contribution in [0.15, 0.2) is 0 Å². The molecule has 0 aliphatic carbocycles. The summed E-state index contributed by atoms with van der Waals surface area (Å²) in [5, 5.41) is 3.27. The van der Waals surface area contributed by atoms with Crippen molar-refractivity contribution in [2.75, 3.05) is 32.8 Å². The van der Waals surface area contributed by atoms with Crippen LogP contribution in [0, 0.1) is 5.92 Å². The van der Waals surface area contributed by atoms with Crippen LogP contribution in [0.25, 0.3) is 0 Å². The SMILES string of the molecule is CC1CCN(CC2CNCCO2)C1=O. The zero-order chi connectivity index (χ0) is 9.97. The zero-order valence-corrected chi connectivity index (χ0v) is 8.66. The Bertz CT molecular complexity index is 214. The van der Waals surface area contributed by atoms with Gasteiger partial charge in [0.15, 0.2) is 0 Å². The van der Waals surface area contributed by atoms with E-state index in [1.165, 1.54) is 0 Å². The Kier molecular flexibility index (Phi) is 3.03. The summed E-state index contributed by atoms with van der Waals surface area (Å²) in [5.74, 6) is 0.505. The molecule has 4 heteroatoms. The van der Waals surface area contributed by atoms with E-state index in [1.54, 1.807) is 0 Å². The molecule has 0 aromatic carbocycles. The molecule has 2 aliphatic heterocycles. The van der Waals surface area contributed by atoms with Crippen molar-refractivity contribution in [2.45, 2.75) is 19.4 Å². The first kappa shape index (κ1) is 9.93. The molecule has 2 saturated heterocycles. The van der Waals surface area contributed by atoms with Gasteiger partial charge < -0.3 is 15.0 Å². The molecule has 14 heavy (non-hydrogen) atoms. The molecule has 2 atom stereocenters. The summed E-state index contributed by atoms with van der Waals surface area (Å²) >= 11 is 0. The Morgan fingerprint density at radius 1 is 1.64 bits per heavy atom. The molecule has 0 radical (unpaired) electrons. The van der Waals surface area contributed by atoms with Gasteiger partial charge in [0.2, 0.25) is 5.91 Å². The Morgan fingerprint density at radius 3 is 3.07 bits per heavy atom. The summed E-state index contributed by atoms with van der Waals surface area (Å²) in [5.41, 5.74) is 0. The average Bonchev–Trinajstić information content (AvgIpc) is 2.52. The zero-order valence-electron chi connectivity index (χ0n) is 8.66. The van der Waals surface area contributed by atoms with Crippen molar-refractivity contribution < 1.29 is 9.53 Å². The summed E-state index contributed by atoms with van der Waals surface area (Å²) in [4.78, 5) is 13.6. The molecule has 4 nitrogen and oxygen atoms in total. The molecule has 0 saturated carbocycles. The van der Waals surface area contributed by atoms with Crippen molar-refractivity contribution >= 4 is 5.91 Å². The average molecular weight is 198 g/mol. The largest absolute Gasteiger partial charge is 0.374 e. The van der Waals surface area contributed by atoms with Crippen molar-refractivity contribution in [3.8, 4) is 0 Å². The highest BCUT2D eigenvalue weighted by molar-refractivity contribution is 5.80. The first-order valence-corrected chi connectivity index (χ1v) is 5.38. The Morgan fingerprint density at radius 2 is 2.50 bits per heavy atom. The van der Waals surface area contributed by atoms with E-state index in [4.69, 9.17) is 4.74 Å². The normalized spacial score (nSPS) is 33.8. The minimum atomic E-state index is 0.193. The maximum atomic E-state index is 11.6. The van der Waals surface area contributed by atoms with Gasteiger partial charge in [-0.15, -0.1) is 0 Å². The van der Waals surface area contributed by atoms with E-state index in [9.17, 15) is 4.79 Å². The third-order valence-electron chi connectivity index (χ3n) is 2.99. The number of carbonyl (C=O) groups excluding carboxylic acids is 1. The molecule has 0 aromatic heterocycles. The van der Waals surface area contributed by atoms with Crippen LogP contribution in [0.2, 0.25) is 0 Å². The monoisotopic (exact) mass is 198 g/mol. The third-order valence-corrected chi connectivity index (χ3v) is 2.99. The predicted molar refractivity (Wildman–Crippen MR) is 53.0 cm³/mol. The van der Waals surface area contributed by atoms with Crippen molar-refractivity contribution in [3.63, 3.8) is 0 Å². The smallest absolute Gasteiger partial charge is 0.225 e. The Hall–Kier alpha value is -0.610. The van der Waals surface area contributed by atoms with Crippen LogP contribution in [-0.2, 0) is 9.53 Å². The van der Waals surface area contributed by atoms with Crippen LogP contribution in [-0.4, -0.2) is 49.7 Å². The minimum Gasteiger partial charge on any atom is -0.374 e.